The van der Waals surface area contributed by atoms with Gasteiger partial charge in [-0.3, -0.25) is 0 Å². The van der Waals surface area contributed by atoms with Crippen LogP contribution in [0.5, 0.6) is 5.75 Å². The molecule has 0 bridgehead atoms. The molecule has 0 saturated heterocycles. The molecule has 0 spiro atoms. The van der Waals surface area contributed by atoms with Crippen molar-refractivity contribution in [2.45, 2.75) is 38.5 Å². The molecule has 4 heteroatoms. The Morgan fingerprint density at radius 2 is 1.17 bits per heavy atom. The molecule has 0 atom stereocenters. The Balaban J connectivity index is 0.00000229. The van der Waals surface area contributed by atoms with Crippen LogP contribution in [0.25, 0.3) is 43.0 Å². The van der Waals surface area contributed by atoms with Gasteiger partial charge in [-0.05, 0) is 56.6 Å². The van der Waals surface area contributed by atoms with Crippen molar-refractivity contribution in [2.75, 3.05) is 0 Å². The predicted molar refractivity (Wildman–Crippen MR) is 144 cm³/mol. The molecule has 1 heterocycles. The molecule has 0 fully saturated rings. The molecule has 5 aromatic rings. The molecular formula is C31H25BeNOS+2. The van der Waals surface area contributed by atoms with Crippen molar-refractivity contribution < 1.29 is 10.1 Å². The van der Waals surface area contributed by atoms with E-state index in [9.17, 15) is 5.11 Å². The van der Waals surface area contributed by atoms with E-state index >= 15 is 0 Å². The quantitative estimate of drug-likeness (QED) is 0.253. The maximum Gasteiger partial charge on any atom is 2.00 e. The van der Waals surface area contributed by atoms with Gasteiger partial charge >= 0.3 is 10.1 Å². The molecule has 1 aromatic heterocycles. The van der Waals surface area contributed by atoms with E-state index in [1.807, 2.05) is 6.07 Å². The molecule has 2 aliphatic rings. The minimum atomic E-state index is -0.159. The second-order valence-corrected chi connectivity index (χ2v) is 11.7. The van der Waals surface area contributed by atoms with E-state index in [-0.39, 0.29) is 26.7 Å². The van der Waals surface area contributed by atoms with Gasteiger partial charge < -0.3 is 5.11 Å². The minimum Gasteiger partial charge on any atom is -0.872 e. The first kappa shape index (κ1) is 22.2. The van der Waals surface area contributed by atoms with E-state index in [0.717, 1.165) is 21.7 Å². The van der Waals surface area contributed by atoms with Crippen LogP contribution in [0.1, 0.15) is 49.9 Å². The van der Waals surface area contributed by atoms with Gasteiger partial charge in [0.05, 0.1) is 5.56 Å². The Labute approximate surface area is 213 Å². The van der Waals surface area contributed by atoms with Crippen molar-refractivity contribution in [1.82, 2.24) is 0 Å². The van der Waals surface area contributed by atoms with Gasteiger partial charge in [0.1, 0.15) is 4.70 Å². The van der Waals surface area contributed by atoms with E-state index in [1.54, 1.807) is 11.3 Å². The topological polar surface area (TPSA) is 37.2 Å². The number of hydrogen-bond donors (Lipinski definition) is 0. The number of benzene rings is 4. The molecule has 166 valence electrons. The van der Waals surface area contributed by atoms with Crippen molar-refractivity contribution in [2.24, 2.45) is 0 Å². The van der Waals surface area contributed by atoms with E-state index in [4.69, 9.17) is 0 Å². The van der Waals surface area contributed by atoms with Gasteiger partial charge in [-0.1, -0.05) is 99.4 Å². The Morgan fingerprint density at radius 3 is 1.80 bits per heavy atom. The molecule has 0 unspecified atom stereocenters. The first-order valence-corrected chi connectivity index (χ1v) is 12.6. The van der Waals surface area contributed by atoms with Gasteiger partial charge in [-0.25, -0.2) is 0 Å². The van der Waals surface area contributed by atoms with E-state index in [2.05, 4.69) is 99.4 Å². The van der Waals surface area contributed by atoms with Crippen LogP contribution in [0, 0.1) is 0 Å². The summed E-state index contributed by atoms with van der Waals surface area (Å²) < 4.78 is 1.19. The molecule has 0 amide bonds. The second kappa shape index (κ2) is 7.13. The maximum absolute atomic E-state index is 13.3. The fraction of sp³-hybridized carbons (Fsp3) is 0.194. The zero-order valence-electron chi connectivity index (χ0n) is 20.5. The van der Waals surface area contributed by atoms with E-state index in [1.165, 1.54) is 43.6 Å². The zero-order valence-corrected chi connectivity index (χ0v) is 21.3. The summed E-state index contributed by atoms with van der Waals surface area (Å²) in [5.74, 6) is 0.0839. The van der Waals surface area contributed by atoms with E-state index in [0.29, 0.717) is 0 Å². The summed E-state index contributed by atoms with van der Waals surface area (Å²) in [6.07, 6.45) is 0. The van der Waals surface area contributed by atoms with Gasteiger partial charge in [-0.15, -0.1) is 0 Å². The van der Waals surface area contributed by atoms with Gasteiger partial charge in [0.2, 0.25) is 5.52 Å². The fourth-order valence-electron chi connectivity index (χ4n) is 6.20. The Morgan fingerprint density at radius 1 is 0.629 bits per heavy atom. The van der Waals surface area contributed by atoms with Crippen molar-refractivity contribution in [3.8, 4) is 38.6 Å². The molecule has 0 radical (unpaired) electrons. The summed E-state index contributed by atoms with van der Waals surface area (Å²) in [5, 5.41) is 14.3. The van der Waals surface area contributed by atoms with Crippen LogP contribution in [-0.4, -0.2) is 10.1 Å². The summed E-state index contributed by atoms with van der Waals surface area (Å²) in [6.45, 7) is 9.03. The number of fused-ring (bicyclic) bond motifs is 7. The summed E-state index contributed by atoms with van der Waals surface area (Å²) in [4.78, 5) is 3.59. The van der Waals surface area contributed by atoms with Crippen LogP contribution in [0.4, 0.5) is 0 Å². The molecule has 35 heavy (non-hydrogen) atoms. The van der Waals surface area contributed by atoms with Gasteiger partial charge in [-0.2, -0.15) is 4.98 Å². The molecule has 0 aliphatic heterocycles. The molecular weight excluding hydrogens is 443 g/mol. The summed E-state index contributed by atoms with van der Waals surface area (Å²) in [5.41, 5.74) is 11.8. The predicted octanol–water partition coefficient (Wildman–Crippen LogP) is 6.69. The maximum atomic E-state index is 13.3. The average molecular weight is 469 g/mol. The van der Waals surface area contributed by atoms with Crippen LogP contribution >= 0.6 is 11.3 Å². The number of H-pyrrole nitrogens is 1. The van der Waals surface area contributed by atoms with Crippen molar-refractivity contribution in [1.29, 1.82) is 0 Å². The van der Waals surface area contributed by atoms with Gasteiger partial charge in [0.25, 0.3) is 5.01 Å². The molecule has 2 nitrogen and oxygen atoms in total. The van der Waals surface area contributed by atoms with Crippen LogP contribution in [0.3, 0.4) is 0 Å². The Hall–Kier alpha value is -3.26. The molecule has 7 rings (SSSR count). The third-order valence-electron chi connectivity index (χ3n) is 8.07. The number of aromatic amines is 1. The summed E-state index contributed by atoms with van der Waals surface area (Å²) >= 11 is 1.68. The molecule has 1 N–H and O–H groups in total. The second-order valence-electron chi connectivity index (χ2n) is 10.7. The summed E-state index contributed by atoms with van der Waals surface area (Å²) in [7, 11) is 0. The standard InChI is InChI=1S/C31H25NOS.Be/c1-30(2)22-11-7-5-9-17(22)19-13-21(27(33)15-24(19)30)29-32-26-14-20-18-10-6-8-12-23(18)31(3,4)25(20)16-28(26)34-29;/h5-16,33H,1-4H3;/q;+2. The van der Waals surface area contributed by atoms with Crippen molar-refractivity contribution in [3.05, 3.63) is 95.1 Å². The first-order valence-electron chi connectivity index (χ1n) is 11.8. The number of rotatable bonds is 1. The SMILES string of the molecule is CC1(C)c2ccccc2-c2cc(-c3[nH+]c4cc5c(cc4s3)C(C)(C)c3ccccc3-5)c([O-])cc21.[Be+2]. The van der Waals surface area contributed by atoms with Crippen LogP contribution in [0.2, 0.25) is 0 Å². The molecule has 4 aromatic carbocycles. The number of nitrogens with one attached hydrogen (secondary N) is 1. The van der Waals surface area contributed by atoms with E-state index < -0.39 is 0 Å². The monoisotopic (exact) mass is 468 g/mol. The molecule has 2 aliphatic carbocycles. The van der Waals surface area contributed by atoms with Crippen LogP contribution in [-0.2, 0) is 10.8 Å². The fourth-order valence-corrected chi connectivity index (χ4v) is 7.24. The van der Waals surface area contributed by atoms with Gasteiger partial charge in [0, 0.05) is 16.9 Å². The van der Waals surface area contributed by atoms with Gasteiger partial charge in [0.15, 0.2) is 0 Å². The Bertz CT molecular complexity index is 1680. The van der Waals surface area contributed by atoms with Crippen LogP contribution in [0.15, 0.2) is 72.8 Å². The van der Waals surface area contributed by atoms with Crippen molar-refractivity contribution >= 4 is 31.7 Å². The average Bonchev–Trinajstić information content (AvgIpc) is 3.41. The number of hydrogen-bond acceptors (Lipinski definition) is 2. The minimum absolute atomic E-state index is 0. The zero-order chi connectivity index (χ0) is 23.4. The van der Waals surface area contributed by atoms with Crippen molar-refractivity contribution in [3.63, 3.8) is 0 Å². The third kappa shape index (κ3) is 2.83. The number of thiazole rings is 1. The first-order chi connectivity index (χ1) is 16.3. The molecule has 0 saturated carbocycles. The smallest absolute Gasteiger partial charge is 0.872 e. The largest absolute Gasteiger partial charge is 2.00 e. The summed E-state index contributed by atoms with van der Waals surface area (Å²) in [6, 6.07) is 25.8. The third-order valence-corrected chi connectivity index (χ3v) is 9.16. The Kier molecular flexibility index (Phi) is 4.53. The normalized spacial score (nSPS) is 15.8. The number of aromatic nitrogens is 1. The van der Waals surface area contributed by atoms with Crippen LogP contribution < -0.4 is 10.1 Å².